The zero-order valence-electron chi connectivity index (χ0n) is 12.2. The van der Waals surface area contributed by atoms with Gasteiger partial charge in [-0.3, -0.25) is 4.79 Å². The summed E-state index contributed by atoms with van der Waals surface area (Å²) in [6.07, 6.45) is 1.40. The number of hydrogen-bond donors (Lipinski definition) is 2. The molecule has 0 saturated carbocycles. The van der Waals surface area contributed by atoms with Crippen LogP contribution in [-0.2, 0) is 4.79 Å². The minimum absolute atomic E-state index is 0.0393. The van der Waals surface area contributed by atoms with Gasteiger partial charge in [0.15, 0.2) is 0 Å². The highest BCUT2D eigenvalue weighted by atomic mass is 35.5. The second kappa shape index (κ2) is 6.42. The Balaban J connectivity index is 2.21. The first-order chi connectivity index (χ1) is 9.99. The maximum Gasteiger partial charge on any atom is 0.228 e. The summed E-state index contributed by atoms with van der Waals surface area (Å²) in [6.45, 7) is 4.64. The summed E-state index contributed by atoms with van der Waals surface area (Å²) >= 11 is 12.1. The molecule has 1 aromatic carbocycles. The number of benzene rings is 1. The Morgan fingerprint density at radius 1 is 1.43 bits per heavy atom. The molecule has 2 rings (SSSR count). The Labute approximate surface area is 134 Å². The van der Waals surface area contributed by atoms with Crippen LogP contribution in [0.25, 0.3) is 0 Å². The molecule has 0 spiro atoms. The summed E-state index contributed by atoms with van der Waals surface area (Å²) in [5.74, 6) is 0.517. The fraction of sp³-hybridized carbons (Fsp3) is 0.533. The van der Waals surface area contributed by atoms with E-state index in [0.29, 0.717) is 41.8 Å². The molecule has 0 radical (unpaired) electrons. The van der Waals surface area contributed by atoms with Gasteiger partial charge in [-0.1, -0.05) is 43.1 Å². The van der Waals surface area contributed by atoms with E-state index >= 15 is 0 Å². The largest absolute Gasteiger partial charge is 0.489 e. The molecule has 0 bridgehead atoms. The van der Waals surface area contributed by atoms with Gasteiger partial charge in [0, 0.05) is 12.1 Å². The lowest BCUT2D eigenvalue weighted by Crippen LogP contribution is -2.46. The Morgan fingerprint density at radius 2 is 2.10 bits per heavy atom. The number of rotatable bonds is 5. The molecule has 1 aliphatic rings. The molecule has 0 aromatic heterocycles. The van der Waals surface area contributed by atoms with E-state index in [-0.39, 0.29) is 11.9 Å². The third-order valence-corrected chi connectivity index (χ3v) is 5.17. The number of fused-ring (bicyclic) bond motifs is 1. The van der Waals surface area contributed by atoms with E-state index in [1.807, 2.05) is 19.9 Å². The molecular weight excluding hydrogens is 311 g/mol. The van der Waals surface area contributed by atoms with Crippen LogP contribution in [0.15, 0.2) is 12.1 Å². The van der Waals surface area contributed by atoms with Gasteiger partial charge < -0.3 is 15.8 Å². The minimum atomic E-state index is -0.529. The van der Waals surface area contributed by atoms with Crippen molar-refractivity contribution in [2.75, 3.05) is 13.2 Å². The van der Waals surface area contributed by atoms with Gasteiger partial charge in [-0.05, 0) is 18.9 Å². The maximum absolute atomic E-state index is 12.6. The quantitative estimate of drug-likeness (QED) is 0.870. The van der Waals surface area contributed by atoms with Gasteiger partial charge in [0.1, 0.15) is 17.4 Å². The van der Waals surface area contributed by atoms with Gasteiger partial charge in [-0.25, -0.2) is 0 Å². The van der Waals surface area contributed by atoms with Crippen molar-refractivity contribution in [2.24, 2.45) is 11.1 Å². The van der Waals surface area contributed by atoms with Crippen LogP contribution in [0.3, 0.4) is 0 Å². The molecule has 1 aromatic rings. The zero-order chi connectivity index (χ0) is 15.6. The number of hydrogen-bond acceptors (Lipinski definition) is 3. The van der Waals surface area contributed by atoms with Crippen LogP contribution in [-0.4, -0.2) is 19.1 Å². The van der Waals surface area contributed by atoms with Crippen molar-refractivity contribution in [3.63, 3.8) is 0 Å². The SMILES string of the molecule is CCC(CC)(CN)C(=O)NC1COc2c1ccc(Cl)c2Cl. The van der Waals surface area contributed by atoms with Crippen LogP contribution in [0.1, 0.15) is 38.3 Å². The van der Waals surface area contributed by atoms with E-state index in [1.165, 1.54) is 0 Å². The van der Waals surface area contributed by atoms with Gasteiger partial charge in [0.2, 0.25) is 5.91 Å². The first-order valence-corrected chi connectivity index (χ1v) is 7.86. The molecule has 116 valence electrons. The van der Waals surface area contributed by atoms with Gasteiger partial charge in [0.05, 0.1) is 16.5 Å². The average Bonchev–Trinajstić information content (AvgIpc) is 2.89. The highest BCUT2D eigenvalue weighted by Crippen LogP contribution is 2.42. The lowest BCUT2D eigenvalue weighted by Gasteiger charge is -2.30. The number of carbonyl (C=O) groups excluding carboxylic acids is 1. The number of nitrogens with two attached hydrogens (primary N) is 1. The number of ether oxygens (including phenoxy) is 1. The number of amides is 1. The molecule has 1 aliphatic heterocycles. The summed E-state index contributed by atoms with van der Waals surface area (Å²) < 4.78 is 5.57. The lowest BCUT2D eigenvalue weighted by molar-refractivity contribution is -0.131. The second-order valence-electron chi connectivity index (χ2n) is 5.31. The lowest BCUT2D eigenvalue weighted by atomic mass is 9.81. The third kappa shape index (κ3) is 2.85. The molecule has 6 heteroatoms. The fourth-order valence-corrected chi connectivity index (χ4v) is 2.98. The molecular formula is C15H20Cl2N2O2. The minimum Gasteiger partial charge on any atom is -0.489 e. The van der Waals surface area contributed by atoms with Crippen molar-refractivity contribution in [1.29, 1.82) is 0 Å². The molecule has 0 aliphatic carbocycles. The molecule has 1 heterocycles. The zero-order valence-corrected chi connectivity index (χ0v) is 13.7. The van der Waals surface area contributed by atoms with Crippen molar-refractivity contribution in [3.8, 4) is 5.75 Å². The molecule has 0 fully saturated rings. The van der Waals surface area contributed by atoms with Crippen molar-refractivity contribution < 1.29 is 9.53 Å². The molecule has 1 amide bonds. The molecule has 1 unspecified atom stereocenters. The van der Waals surface area contributed by atoms with Crippen LogP contribution in [0.4, 0.5) is 0 Å². The number of nitrogens with one attached hydrogen (secondary N) is 1. The van der Waals surface area contributed by atoms with Crippen molar-refractivity contribution >= 4 is 29.1 Å². The number of carbonyl (C=O) groups is 1. The van der Waals surface area contributed by atoms with E-state index in [1.54, 1.807) is 6.07 Å². The summed E-state index contributed by atoms with van der Waals surface area (Å²) in [6, 6.07) is 3.34. The van der Waals surface area contributed by atoms with E-state index in [0.717, 1.165) is 5.56 Å². The van der Waals surface area contributed by atoms with Crippen molar-refractivity contribution in [1.82, 2.24) is 5.32 Å². The highest BCUT2D eigenvalue weighted by Gasteiger charge is 2.37. The Morgan fingerprint density at radius 3 is 2.67 bits per heavy atom. The Hall–Kier alpha value is -0.970. The third-order valence-electron chi connectivity index (χ3n) is 4.38. The summed E-state index contributed by atoms with van der Waals surface area (Å²) in [5.41, 5.74) is 6.14. The Kier molecular flexibility index (Phi) is 5.02. The van der Waals surface area contributed by atoms with Crippen LogP contribution >= 0.6 is 23.2 Å². The van der Waals surface area contributed by atoms with E-state index < -0.39 is 5.41 Å². The molecule has 21 heavy (non-hydrogen) atoms. The standard InChI is InChI=1S/C15H20Cl2N2O2/c1-3-15(4-2,8-18)14(20)19-11-7-21-13-9(11)5-6-10(16)12(13)17/h5-6,11H,3-4,7-8,18H2,1-2H3,(H,19,20). The normalized spacial score (nSPS) is 17.3. The van der Waals surface area contributed by atoms with Crippen LogP contribution in [0.5, 0.6) is 5.75 Å². The first-order valence-electron chi connectivity index (χ1n) is 7.10. The van der Waals surface area contributed by atoms with Crippen LogP contribution in [0, 0.1) is 5.41 Å². The monoisotopic (exact) mass is 330 g/mol. The maximum atomic E-state index is 12.6. The van der Waals surface area contributed by atoms with E-state index in [4.69, 9.17) is 33.7 Å². The summed E-state index contributed by atoms with van der Waals surface area (Å²) in [4.78, 5) is 12.6. The van der Waals surface area contributed by atoms with Crippen molar-refractivity contribution in [3.05, 3.63) is 27.7 Å². The molecule has 0 saturated heterocycles. The average molecular weight is 331 g/mol. The first kappa shape index (κ1) is 16.4. The molecule has 3 N–H and O–H groups in total. The fourth-order valence-electron chi connectivity index (χ4n) is 2.61. The van der Waals surface area contributed by atoms with Gasteiger partial charge in [-0.2, -0.15) is 0 Å². The van der Waals surface area contributed by atoms with E-state index in [9.17, 15) is 4.79 Å². The topological polar surface area (TPSA) is 64.4 Å². The van der Waals surface area contributed by atoms with Gasteiger partial charge in [0.25, 0.3) is 0 Å². The smallest absolute Gasteiger partial charge is 0.228 e. The predicted molar refractivity (Wildman–Crippen MR) is 84.9 cm³/mol. The summed E-state index contributed by atoms with van der Waals surface area (Å²) in [5, 5.41) is 3.87. The van der Waals surface area contributed by atoms with Crippen molar-refractivity contribution in [2.45, 2.75) is 32.7 Å². The summed E-state index contributed by atoms with van der Waals surface area (Å²) in [7, 11) is 0. The molecule has 4 nitrogen and oxygen atoms in total. The van der Waals surface area contributed by atoms with Gasteiger partial charge in [-0.15, -0.1) is 0 Å². The van der Waals surface area contributed by atoms with E-state index in [2.05, 4.69) is 5.32 Å². The predicted octanol–water partition coefficient (Wildman–Crippen LogP) is 3.31. The van der Waals surface area contributed by atoms with Crippen LogP contribution < -0.4 is 15.8 Å². The highest BCUT2D eigenvalue weighted by molar-refractivity contribution is 6.43. The van der Waals surface area contributed by atoms with Crippen LogP contribution in [0.2, 0.25) is 10.0 Å². The Bertz CT molecular complexity index is 536. The van der Waals surface area contributed by atoms with Gasteiger partial charge >= 0.3 is 0 Å². The second-order valence-corrected chi connectivity index (χ2v) is 6.09. The number of halogens is 2. The molecule has 1 atom stereocenters.